The molecule has 0 aromatic heterocycles. The van der Waals surface area contributed by atoms with Crippen LogP contribution in [-0.4, -0.2) is 12.9 Å². The number of Topliss-reactive ketones (excluding diaryl/α,β-unsaturated/α-hetero) is 1. The van der Waals surface area contributed by atoms with E-state index in [9.17, 15) is 4.79 Å². The van der Waals surface area contributed by atoms with Crippen LogP contribution in [0.5, 0.6) is 5.75 Å². The zero-order chi connectivity index (χ0) is 11.3. The van der Waals surface area contributed by atoms with Crippen LogP contribution in [0.2, 0.25) is 0 Å². The van der Waals surface area contributed by atoms with Gasteiger partial charge in [0.15, 0.2) is 0 Å². The fourth-order valence-electron chi connectivity index (χ4n) is 1.40. The molecule has 0 fully saturated rings. The molecule has 0 unspecified atom stereocenters. The van der Waals surface area contributed by atoms with Crippen molar-refractivity contribution in [3.05, 3.63) is 28.2 Å². The number of halogens is 1. The Labute approximate surface area is 98.8 Å². The second-order valence-electron chi connectivity index (χ2n) is 3.51. The standard InChI is InChI=1S/C12H15BrO2/c1-9(14)4-3-5-10-8-11(15-2)6-7-12(10)13/h6-8H,3-5H2,1-2H3. The van der Waals surface area contributed by atoms with Crippen molar-refractivity contribution in [3.63, 3.8) is 0 Å². The smallest absolute Gasteiger partial charge is 0.129 e. The van der Waals surface area contributed by atoms with Crippen molar-refractivity contribution in [2.24, 2.45) is 0 Å². The summed E-state index contributed by atoms with van der Waals surface area (Å²) < 4.78 is 6.23. The maximum Gasteiger partial charge on any atom is 0.129 e. The number of rotatable bonds is 5. The van der Waals surface area contributed by atoms with Gasteiger partial charge in [0.05, 0.1) is 7.11 Å². The maximum atomic E-state index is 10.8. The Balaban J connectivity index is 2.62. The van der Waals surface area contributed by atoms with Crippen LogP contribution in [0.25, 0.3) is 0 Å². The monoisotopic (exact) mass is 270 g/mol. The van der Waals surface area contributed by atoms with Gasteiger partial charge in [-0.2, -0.15) is 0 Å². The van der Waals surface area contributed by atoms with E-state index in [0.717, 1.165) is 23.1 Å². The van der Waals surface area contributed by atoms with E-state index in [1.54, 1.807) is 14.0 Å². The highest BCUT2D eigenvalue weighted by atomic mass is 79.9. The lowest BCUT2D eigenvalue weighted by Gasteiger charge is -2.06. The van der Waals surface area contributed by atoms with E-state index >= 15 is 0 Å². The molecule has 82 valence electrons. The number of ether oxygens (including phenoxy) is 1. The highest BCUT2D eigenvalue weighted by Crippen LogP contribution is 2.23. The van der Waals surface area contributed by atoms with E-state index in [0.29, 0.717) is 6.42 Å². The van der Waals surface area contributed by atoms with Crippen LogP contribution in [0, 0.1) is 0 Å². The summed E-state index contributed by atoms with van der Waals surface area (Å²) in [4.78, 5) is 10.8. The number of carbonyl (C=O) groups excluding carboxylic acids is 1. The summed E-state index contributed by atoms with van der Waals surface area (Å²) in [6.45, 7) is 1.63. The van der Waals surface area contributed by atoms with Gasteiger partial charge in [0.25, 0.3) is 0 Å². The molecule has 0 saturated carbocycles. The first-order chi connectivity index (χ1) is 7.13. The Bertz CT molecular complexity index is 347. The fourth-order valence-corrected chi connectivity index (χ4v) is 1.84. The fraction of sp³-hybridized carbons (Fsp3) is 0.417. The second kappa shape index (κ2) is 5.91. The molecule has 0 aliphatic heterocycles. The van der Waals surface area contributed by atoms with Gasteiger partial charge in [-0.25, -0.2) is 0 Å². The van der Waals surface area contributed by atoms with Gasteiger partial charge in [0, 0.05) is 10.9 Å². The van der Waals surface area contributed by atoms with Crippen molar-refractivity contribution in [2.75, 3.05) is 7.11 Å². The summed E-state index contributed by atoms with van der Waals surface area (Å²) in [6, 6.07) is 5.89. The molecule has 0 spiro atoms. The number of hydrogen-bond acceptors (Lipinski definition) is 2. The Kier molecular flexibility index (Phi) is 4.82. The molecular formula is C12H15BrO2. The van der Waals surface area contributed by atoms with Gasteiger partial charge in [0.1, 0.15) is 11.5 Å². The van der Waals surface area contributed by atoms with Gasteiger partial charge in [-0.05, 0) is 43.5 Å². The summed E-state index contributed by atoms with van der Waals surface area (Å²) in [5, 5.41) is 0. The minimum Gasteiger partial charge on any atom is -0.497 e. The van der Waals surface area contributed by atoms with Crippen molar-refractivity contribution >= 4 is 21.7 Å². The van der Waals surface area contributed by atoms with Crippen LogP contribution in [0.4, 0.5) is 0 Å². The molecule has 0 radical (unpaired) electrons. The summed E-state index contributed by atoms with van der Waals surface area (Å²) in [7, 11) is 1.66. The quantitative estimate of drug-likeness (QED) is 0.820. The van der Waals surface area contributed by atoms with E-state index < -0.39 is 0 Å². The maximum absolute atomic E-state index is 10.8. The molecule has 0 aliphatic carbocycles. The molecule has 2 nitrogen and oxygen atoms in total. The highest BCUT2D eigenvalue weighted by molar-refractivity contribution is 9.10. The average molecular weight is 271 g/mol. The molecule has 1 aromatic carbocycles. The zero-order valence-corrected chi connectivity index (χ0v) is 10.6. The third-order valence-corrected chi connectivity index (χ3v) is 3.00. The topological polar surface area (TPSA) is 26.3 Å². The average Bonchev–Trinajstić information content (AvgIpc) is 2.20. The Hall–Kier alpha value is -0.830. The van der Waals surface area contributed by atoms with Crippen LogP contribution in [0.3, 0.4) is 0 Å². The molecule has 0 bridgehead atoms. The van der Waals surface area contributed by atoms with Gasteiger partial charge < -0.3 is 9.53 Å². The highest BCUT2D eigenvalue weighted by Gasteiger charge is 2.02. The number of hydrogen-bond donors (Lipinski definition) is 0. The third-order valence-electron chi connectivity index (χ3n) is 2.23. The predicted octanol–water partition coefficient (Wildman–Crippen LogP) is 3.37. The molecule has 0 aliphatic rings. The van der Waals surface area contributed by atoms with E-state index in [4.69, 9.17) is 4.74 Å². The van der Waals surface area contributed by atoms with E-state index in [1.165, 1.54) is 5.56 Å². The first-order valence-corrected chi connectivity index (χ1v) is 5.74. The summed E-state index contributed by atoms with van der Waals surface area (Å²) in [5.41, 5.74) is 1.19. The third kappa shape index (κ3) is 4.04. The number of methoxy groups -OCH3 is 1. The largest absolute Gasteiger partial charge is 0.497 e. The van der Waals surface area contributed by atoms with Crippen LogP contribution < -0.4 is 4.74 Å². The summed E-state index contributed by atoms with van der Waals surface area (Å²) in [5.74, 6) is 1.10. The van der Waals surface area contributed by atoms with E-state index in [2.05, 4.69) is 15.9 Å². The zero-order valence-electron chi connectivity index (χ0n) is 9.05. The van der Waals surface area contributed by atoms with Gasteiger partial charge in [0.2, 0.25) is 0 Å². The van der Waals surface area contributed by atoms with Crippen LogP contribution in [0.1, 0.15) is 25.3 Å². The molecule has 3 heteroatoms. The minimum atomic E-state index is 0.244. The van der Waals surface area contributed by atoms with Crippen molar-refractivity contribution in [1.29, 1.82) is 0 Å². The number of carbonyl (C=O) groups is 1. The first kappa shape index (κ1) is 12.2. The Morgan fingerprint density at radius 2 is 2.20 bits per heavy atom. The predicted molar refractivity (Wildman–Crippen MR) is 64.3 cm³/mol. The molecule has 0 atom stereocenters. The molecule has 0 saturated heterocycles. The van der Waals surface area contributed by atoms with Crippen LogP contribution in [0.15, 0.2) is 22.7 Å². The van der Waals surface area contributed by atoms with Crippen molar-refractivity contribution in [3.8, 4) is 5.75 Å². The lowest BCUT2D eigenvalue weighted by atomic mass is 10.1. The van der Waals surface area contributed by atoms with Crippen molar-refractivity contribution in [1.82, 2.24) is 0 Å². The molecule has 0 amide bonds. The number of aryl methyl sites for hydroxylation is 1. The van der Waals surface area contributed by atoms with Gasteiger partial charge >= 0.3 is 0 Å². The Morgan fingerprint density at radius 1 is 1.47 bits per heavy atom. The lowest BCUT2D eigenvalue weighted by molar-refractivity contribution is -0.117. The van der Waals surface area contributed by atoms with E-state index in [-0.39, 0.29) is 5.78 Å². The van der Waals surface area contributed by atoms with Crippen molar-refractivity contribution in [2.45, 2.75) is 26.2 Å². The van der Waals surface area contributed by atoms with Gasteiger partial charge in [-0.1, -0.05) is 15.9 Å². The molecule has 0 heterocycles. The van der Waals surface area contributed by atoms with E-state index in [1.807, 2.05) is 18.2 Å². The molecule has 1 aromatic rings. The molecule has 15 heavy (non-hydrogen) atoms. The summed E-state index contributed by atoms with van der Waals surface area (Å²) in [6.07, 6.45) is 2.43. The normalized spacial score (nSPS) is 10.1. The number of ketones is 1. The minimum absolute atomic E-state index is 0.244. The molecular weight excluding hydrogens is 256 g/mol. The Morgan fingerprint density at radius 3 is 2.80 bits per heavy atom. The summed E-state index contributed by atoms with van der Waals surface area (Å²) >= 11 is 3.49. The van der Waals surface area contributed by atoms with Crippen LogP contribution >= 0.6 is 15.9 Å². The lowest BCUT2D eigenvalue weighted by Crippen LogP contribution is -1.94. The molecule has 0 N–H and O–H groups in total. The number of benzene rings is 1. The van der Waals surface area contributed by atoms with Crippen molar-refractivity contribution < 1.29 is 9.53 Å². The van der Waals surface area contributed by atoms with Gasteiger partial charge in [-0.3, -0.25) is 0 Å². The first-order valence-electron chi connectivity index (χ1n) is 4.95. The van der Waals surface area contributed by atoms with Crippen LogP contribution in [-0.2, 0) is 11.2 Å². The second-order valence-corrected chi connectivity index (χ2v) is 4.37. The SMILES string of the molecule is COc1ccc(Br)c(CCCC(C)=O)c1. The molecule has 1 rings (SSSR count). The van der Waals surface area contributed by atoms with Gasteiger partial charge in [-0.15, -0.1) is 0 Å².